The minimum atomic E-state index is -2.25. The van der Waals surface area contributed by atoms with Gasteiger partial charge in [0.1, 0.15) is 0 Å². The number of amides is 1. The molecule has 136 valence electrons. The van der Waals surface area contributed by atoms with Crippen molar-refractivity contribution in [2.75, 3.05) is 13.2 Å². The third-order valence-corrected chi connectivity index (χ3v) is 10.6. The fourth-order valence-electron chi connectivity index (χ4n) is 3.13. The van der Waals surface area contributed by atoms with E-state index in [1.54, 1.807) is 11.4 Å². The van der Waals surface area contributed by atoms with Gasteiger partial charge in [0, 0.05) is 11.3 Å². The monoisotopic (exact) mass is 389 g/mol. The minimum absolute atomic E-state index is 0.0828. The van der Waals surface area contributed by atoms with Crippen molar-refractivity contribution >= 4 is 34.8 Å². The van der Waals surface area contributed by atoms with Crippen LogP contribution in [0.4, 0.5) is 0 Å². The van der Waals surface area contributed by atoms with Gasteiger partial charge < -0.3 is 14.4 Å². The molecule has 0 spiro atoms. The summed E-state index contributed by atoms with van der Waals surface area (Å²) < 4.78 is 12.3. The van der Waals surface area contributed by atoms with Gasteiger partial charge >= 0.3 is 0 Å². The molecule has 1 saturated carbocycles. The molecule has 1 N–H and O–H groups in total. The predicted octanol–water partition coefficient (Wildman–Crippen LogP) is 4.58. The van der Waals surface area contributed by atoms with E-state index in [4.69, 9.17) is 20.9 Å². The number of hydrogen-bond acceptors (Lipinski definition) is 5. The Labute approximate surface area is 154 Å². The quantitative estimate of drug-likeness (QED) is 0.285. The zero-order valence-corrected chi connectivity index (χ0v) is 17.1. The molecule has 4 atom stereocenters. The molecule has 0 bridgehead atoms. The number of rotatable bonds is 8. The summed E-state index contributed by atoms with van der Waals surface area (Å²) in [7, 11) is 0. The third kappa shape index (κ3) is 5.18. The highest BCUT2D eigenvalue weighted by Gasteiger charge is 2.53. The first-order valence-electron chi connectivity index (χ1n) is 8.47. The van der Waals surface area contributed by atoms with Crippen molar-refractivity contribution < 1.29 is 13.8 Å². The third-order valence-electron chi connectivity index (χ3n) is 4.75. The van der Waals surface area contributed by atoms with E-state index in [0.29, 0.717) is 19.1 Å². The van der Waals surface area contributed by atoms with Crippen LogP contribution in [0.1, 0.15) is 46.0 Å². The molecule has 0 aromatic heterocycles. The summed E-state index contributed by atoms with van der Waals surface area (Å²) in [6, 6.07) is 0. The molecule has 7 heteroatoms. The van der Waals surface area contributed by atoms with E-state index < -0.39 is 5.69 Å². The van der Waals surface area contributed by atoms with E-state index in [0.717, 1.165) is 32.1 Å². The van der Waals surface area contributed by atoms with Crippen molar-refractivity contribution in [2.24, 2.45) is 5.92 Å². The minimum Gasteiger partial charge on any atom is -0.353 e. The molecule has 2 aliphatic rings. The first-order chi connectivity index (χ1) is 11.3. The molecule has 0 radical (unpaired) electrons. The van der Waals surface area contributed by atoms with Gasteiger partial charge in [0.2, 0.25) is 11.6 Å². The average Bonchev–Trinajstić information content (AvgIpc) is 2.79. The van der Waals surface area contributed by atoms with Crippen LogP contribution >= 0.6 is 17.1 Å². The molecule has 1 heterocycles. The lowest BCUT2D eigenvalue weighted by molar-refractivity contribution is -0.116. The Morgan fingerprint density at radius 2 is 2.33 bits per heavy atom. The lowest BCUT2D eigenvalue weighted by Gasteiger charge is -2.37. The second-order valence-corrected chi connectivity index (χ2v) is 13.4. The fraction of sp³-hybridized carbons (Fsp3) is 0.706. The molecular formula is C17H28NO3PS2. The van der Waals surface area contributed by atoms with E-state index in [1.807, 2.05) is 0 Å². The Morgan fingerprint density at radius 1 is 1.58 bits per heavy atom. The van der Waals surface area contributed by atoms with Crippen molar-refractivity contribution in [3.8, 4) is 0 Å². The molecule has 2 rings (SSSR count). The highest BCUT2D eigenvalue weighted by atomic mass is 32.9. The number of carbonyl (C=O) groups excluding carboxylic acids is 1. The number of fused-ring (bicyclic) bond motifs is 1. The summed E-state index contributed by atoms with van der Waals surface area (Å²) in [6.45, 7) is 13.1. The zero-order chi connectivity index (χ0) is 17.8. The van der Waals surface area contributed by atoms with Crippen LogP contribution in [0, 0.1) is 5.92 Å². The zero-order valence-electron chi connectivity index (χ0n) is 14.6. The molecular weight excluding hydrogens is 361 g/mol. The molecule has 1 saturated heterocycles. The van der Waals surface area contributed by atoms with Gasteiger partial charge in [-0.25, -0.2) is 0 Å². The van der Waals surface area contributed by atoms with Gasteiger partial charge in [-0.1, -0.05) is 30.1 Å². The summed E-state index contributed by atoms with van der Waals surface area (Å²) in [4.78, 5) is 11.1. The van der Waals surface area contributed by atoms with Crippen molar-refractivity contribution in [2.45, 2.75) is 56.8 Å². The van der Waals surface area contributed by atoms with E-state index in [-0.39, 0.29) is 16.8 Å². The highest BCUT2D eigenvalue weighted by Crippen LogP contribution is 2.75. The van der Waals surface area contributed by atoms with E-state index in [9.17, 15) is 4.79 Å². The summed E-state index contributed by atoms with van der Waals surface area (Å²) in [5.41, 5.74) is -1.01. The van der Waals surface area contributed by atoms with E-state index in [2.05, 4.69) is 32.3 Å². The molecule has 1 amide bonds. The van der Waals surface area contributed by atoms with E-state index in [1.165, 1.54) is 11.6 Å². The van der Waals surface area contributed by atoms with Crippen LogP contribution in [-0.2, 0) is 25.6 Å². The molecule has 2 fully saturated rings. The first-order valence-corrected chi connectivity index (χ1v) is 12.5. The van der Waals surface area contributed by atoms with Crippen LogP contribution in [0.25, 0.3) is 0 Å². The Balaban J connectivity index is 1.76. The number of hydrogen-bond donors (Lipinski definition) is 1. The Kier molecular flexibility index (Phi) is 7.15. The highest BCUT2D eigenvalue weighted by molar-refractivity contribution is 8.68. The molecule has 4 nitrogen and oxygen atoms in total. The molecule has 1 aliphatic heterocycles. The maximum absolute atomic E-state index is 11.1. The molecule has 24 heavy (non-hydrogen) atoms. The van der Waals surface area contributed by atoms with Crippen molar-refractivity contribution in [1.29, 1.82) is 0 Å². The fourth-order valence-corrected chi connectivity index (χ4v) is 10.4. The van der Waals surface area contributed by atoms with Crippen molar-refractivity contribution in [3.05, 3.63) is 24.8 Å². The standard InChI is InChI=1S/C17H28NO3PS2/c1-5-16(19)18-10-6-7-11-20-22(23)21-15-12-14(13(2)3)8-9-17(15,4)24-22/h5,14-15H,1-2,6-12H2,3-4H3,(H,18,19). The SMILES string of the molecule is C=CC(=O)NCCCCOP1(=S)OC2CC(C(=C)C)CCC2(C)S1. The van der Waals surface area contributed by atoms with Gasteiger partial charge in [-0.3, -0.25) is 4.79 Å². The Hall–Kier alpha value is -0.130. The van der Waals surface area contributed by atoms with Gasteiger partial charge in [0.15, 0.2) is 0 Å². The van der Waals surface area contributed by atoms with Gasteiger partial charge in [-0.05, 0) is 69.8 Å². The number of carbonyl (C=O) groups is 1. The van der Waals surface area contributed by atoms with Crippen LogP contribution in [0.3, 0.4) is 0 Å². The topological polar surface area (TPSA) is 47.6 Å². The first kappa shape index (κ1) is 20.2. The average molecular weight is 390 g/mol. The van der Waals surface area contributed by atoms with Crippen LogP contribution < -0.4 is 5.32 Å². The molecule has 4 unspecified atom stereocenters. The van der Waals surface area contributed by atoms with E-state index >= 15 is 0 Å². The lowest BCUT2D eigenvalue weighted by atomic mass is 9.77. The van der Waals surface area contributed by atoms with Crippen LogP contribution in [0.2, 0.25) is 0 Å². The van der Waals surface area contributed by atoms with Crippen LogP contribution in [-0.4, -0.2) is 29.9 Å². The van der Waals surface area contributed by atoms with Crippen LogP contribution in [0.5, 0.6) is 0 Å². The summed E-state index contributed by atoms with van der Waals surface area (Å²) in [5.74, 6) is 0.403. The molecule has 0 aromatic rings. The smallest absolute Gasteiger partial charge is 0.248 e. The normalized spacial score (nSPS) is 35.2. The number of nitrogens with one attached hydrogen (secondary N) is 1. The lowest BCUT2D eigenvalue weighted by Crippen LogP contribution is -2.39. The largest absolute Gasteiger partial charge is 0.353 e. The predicted molar refractivity (Wildman–Crippen MR) is 106 cm³/mol. The molecule has 1 aliphatic carbocycles. The van der Waals surface area contributed by atoms with Gasteiger partial charge in [-0.15, -0.1) is 0 Å². The van der Waals surface area contributed by atoms with Gasteiger partial charge in [0.05, 0.1) is 12.7 Å². The summed E-state index contributed by atoms with van der Waals surface area (Å²) >= 11 is 7.47. The van der Waals surface area contributed by atoms with Gasteiger partial charge in [-0.2, -0.15) is 0 Å². The van der Waals surface area contributed by atoms with Gasteiger partial charge in [0.25, 0.3) is 0 Å². The second kappa shape index (κ2) is 8.50. The molecule has 0 aromatic carbocycles. The summed E-state index contributed by atoms with van der Waals surface area (Å²) in [6.07, 6.45) is 6.45. The van der Waals surface area contributed by atoms with Crippen molar-refractivity contribution in [1.82, 2.24) is 5.32 Å². The number of allylic oxidation sites excluding steroid dienone is 1. The second-order valence-electron chi connectivity index (χ2n) is 6.80. The Morgan fingerprint density at radius 3 is 3.00 bits per heavy atom. The van der Waals surface area contributed by atoms with Crippen LogP contribution in [0.15, 0.2) is 24.8 Å². The summed E-state index contributed by atoms with van der Waals surface area (Å²) in [5, 5.41) is 2.76. The maximum atomic E-state index is 11.1. The number of unbranched alkanes of at least 4 members (excludes halogenated alkanes) is 1. The maximum Gasteiger partial charge on any atom is 0.248 e. The van der Waals surface area contributed by atoms with Crippen molar-refractivity contribution in [3.63, 3.8) is 0 Å². The Bertz CT molecular complexity index is 554.